The minimum atomic E-state index is -1.71. The molecule has 0 bridgehead atoms. The van der Waals surface area contributed by atoms with Crippen LogP contribution in [0, 0.1) is 35.5 Å². The molecule has 1 aromatic rings. The van der Waals surface area contributed by atoms with E-state index >= 15 is 0 Å². The van der Waals surface area contributed by atoms with E-state index in [0.717, 1.165) is 0 Å². The monoisotopic (exact) mass is 818 g/mol. The van der Waals surface area contributed by atoms with Crippen LogP contribution in [-0.4, -0.2) is 117 Å². The van der Waals surface area contributed by atoms with E-state index in [4.69, 9.17) is 28.4 Å². The summed E-state index contributed by atoms with van der Waals surface area (Å²) in [4.78, 5) is 39.0. The highest BCUT2D eigenvalue weighted by molar-refractivity contribution is 5.93. The van der Waals surface area contributed by atoms with Gasteiger partial charge in [0.2, 0.25) is 5.79 Å². The normalized spacial score (nSPS) is 38.7. The fourth-order valence-electron chi connectivity index (χ4n) is 10.4. The zero-order valence-electron chi connectivity index (χ0n) is 35.8. The van der Waals surface area contributed by atoms with Crippen LogP contribution in [0.15, 0.2) is 24.3 Å². The van der Waals surface area contributed by atoms with Gasteiger partial charge >= 0.3 is 11.9 Å². The van der Waals surface area contributed by atoms with E-state index in [0.29, 0.717) is 30.4 Å². The Hall–Kier alpha value is -2.95. The molecule has 0 radical (unpaired) electrons. The molecule has 0 amide bonds. The van der Waals surface area contributed by atoms with E-state index in [-0.39, 0.29) is 47.9 Å². The number of hydrogen-bond acceptors (Lipinski definition) is 13. The van der Waals surface area contributed by atoms with Gasteiger partial charge in [0.25, 0.3) is 0 Å². The van der Waals surface area contributed by atoms with E-state index in [1.54, 1.807) is 52.0 Å². The molecule has 1 aromatic carbocycles. The maximum atomic E-state index is 14.3. The number of phenols is 1. The molecule has 0 saturated carbocycles. The molecule has 0 aliphatic carbocycles. The van der Waals surface area contributed by atoms with Crippen LogP contribution in [0.5, 0.6) is 5.75 Å². The number of hydrogen-bond donors (Lipinski definition) is 5. The van der Waals surface area contributed by atoms with Crippen LogP contribution >= 0.6 is 0 Å². The van der Waals surface area contributed by atoms with E-state index in [1.807, 2.05) is 41.5 Å². The summed E-state index contributed by atoms with van der Waals surface area (Å²) in [5.41, 5.74) is -0.434. The number of ether oxygens (including phenoxy) is 6. The van der Waals surface area contributed by atoms with Gasteiger partial charge in [0.1, 0.15) is 28.8 Å². The number of aromatic carboxylic acids is 1. The van der Waals surface area contributed by atoms with Gasteiger partial charge in [-0.2, -0.15) is 0 Å². The molecule has 3 fully saturated rings. The van der Waals surface area contributed by atoms with E-state index < -0.39 is 95.5 Å². The van der Waals surface area contributed by atoms with Gasteiger partial charge in [0.15, 0.2) is 11.9 Å². The van der Waals surface area contributed by atoms with Crippen molar-refractivity contribution in [2.24, 2.45) is 35.5 Å². The lowest BCUT2D eigenvalue weighted by Crippen LogP contribution is -2.64. The topological polar surface area (TPSA) is 208 Å². The lowest BCUT2D eigenvalue weighted by molar-refractivity contribution is -0.414. The maximum Gasteiger partial charge on any atom is 0.339 e. The molecule has 14 nitrogen and oxygen atoms in total. The number of ketones is 1. The Kier molecular flexibility index (Phi) is 14.0. The van der Waals surface area contributed by atoms with Crippen molar-refractivity contribution in [3.05, 3.63) is 41.0 Å². The molecule has 4 heterocycles. The number of rotatable bonds is 14. The number of carboxylic acid groups (broad SMARTS) is 1. The van der Waals surface area contributed by atoms with Crippen molar-refractivity contribution in [2.75, 3.05) is 13.7 Å². The quantitative estimate of drug-likeness (QED) is 0.125. The van der Waals surface area contributed by atoms with Gasteiger partial charge in [-0.3, -0.25) is 4.79 Å². The molecule has 4 aliphatic rings. The van der Waals surface area contributed by atoms with Crippen LogP contribution in [0.1, 0.15) is 116 Å². The van der Waals surface area contributed by atoms with Crippen LogP contribution in [-0.2, 0) is 44.4 Å². The van der Waals surface area contributed by atoms with Crippen molar-refractivity contribution in [1.29, 1.82) is 0 Å². The van der Waals surface area contributed by atoms with E-state index in [1.165, 1.54) is 7.11 Å². The first-order valence-electron chi connectivity index (χ1n) is 20.9. The standard InChI is InChI=1S/C44H66O14/c1-12-28-14-15-29(33(36(28)49)40(50)51)21(3)18-22(4)34(47)25(7)35(48)26(8)37-23(5)19-24(6)43(56-37)17-16-31(46)44(58-43)27(9)39(53-11)42(10,57-44)32-20-30(45)38(55-32)41(52)54-13-2/h14-17,21-27,30-32,34,37-39,45-47,49H,12-13,18-20H2,1-11H3,(H,50,51)/t21-,22+,23-,24+,25-,26-,27+,30+,31+,32+,34-,37-,38-,39+,42+,43-,44-/m0/s1. The summed E-state index contributed by atoms with van der Waals surface area (Å²) in [5, 5.41) is 54.7. The summed E-state index contributed by atoms with van der Waals surface area (Å²) in [6.45, 7) is 18.3. The highest BCUT2D eigenvalue weighted by atomic mass is 16.8. The predicted octanol–water partition coefficient (Wildman–Crippen LogP) is 4.91. The van der Waals surface area contributed by atoms with Crippen molar-refractivity contribution < 1.29 is 68.3 Å². The number of methoxy groups -OCH3 is 1. The molecular weight excluding hydrogens is 752 g/mol. The summed E-state index contributed by atoms with van der Waals surface area (Å²) in [7, 11) is 1.51. The molecule has 3 saturated heterocycles. The van der Waals surface area contributed by atoms with Crippen molar-refractivity contribution in [1.82, 2.24) is 0 Å². The van der Waals surface area contributed by atoms with E-state index in [2.05, 4.69) is 0 Å². The zero-order valence-corrected chi connectivity index (χ0v) is 35.8. The third-order valence-corrected chi connectivity index (χ3v) is 13.7. The molecule has 4 aliphatic heterocycles. The van der Waals surface area contributed by atoms with Gasteiger partial charge in [0, 0.05) is 37.2 Å². The smallest absolute Gasteiger partial charge is 0.339 e. The first-order valence-corrected chi connectivity index (χ1v) is 20.9. The molecular formula is C44H66O14. The Morgan fingerprint density at radius 2 is 1.69 bits per heavy atom. The van der Waals surface area contributed by atoms with Crippen molar-refractivity contribution in [3.8, 4) is 5.75 Å². The average molecular weight is 819 g/mol. The number of aryl methyl sites for hydroxylation is 1. The molecule has 326 valence electrons. The summed E-state index contributed by atoms with van der Waals surface area (Å²) < 4.78 is 37.8. The first-order chi connectivity index (χ1) is 27.1. The van der Waals surface area contributed by atoms with Gasteiger partial charge in [-0.05, 0) is 74.1 Å². The summed E-state index contributed by atoms with van der Waals surface area (Å²) in [5.74, 6) is -8.68. The number of esters is 1. The Bertz CT molecular complexity index is 1700. The van der Waals surface area contributed by atoms with Gasteiger partial charge < -0.3 is 54.0 Å². The largest absolute Gasteiger partial charge is 0.507 e. The number of carboxylic acids is 1. The molecule has 0 aromatic heterocycles. The third-order valence-electron chi connectivity index (χ3n) is 13.7. The Morgan fingerprint density at radius 3 is 2.29 bits per heavy atom. The highest BCUT2D eigenvalue weighted by Gasteiger charge is 2.70. The third kappa shape index (κ3) is 8.00. The second-order valence-electron chi connectivity index (χ2n) is 17.7. The molecule has 0 unspecified atom stereocenters. The molecule has 2 spiro atoms. The lowest BCUT2D eigenvalue weighted by Gasteiger charge is -2.54. The summed E-state index contributed by atoms with van der Waals surface area (Å²) in [6.07, 6.45) is -2.14. The lowest BCUT2D eigenvalue weighted by atomic mass is 9.74. The first kappa shape index (κ1) is 46.1. The molecule has 17 atom stereocenters. The number of benzene rings is 1. The second-order valence-corrected chi connectivity index (χ2v) is 17.7. The van der Waals surface area contributed by atoms with Crippen LogP contribution in [0.25, 0.3) is 0 Å². The number of carbonyl (C=O) groups excluding carboxylic acids is 2. The van der Waals surface area contributed by atoms with E-state index in [9.17, 15) is 39.9 Å². The molecule has 58 heavy (non-hydrogen) atoms. The predicted molar refractivity (Wildman–Crippen MR) is 211 cm³/mol. The van der Waals surface area contributed by atoms with Gasteiger partial charge in [-0.15, -0.1) is 0 Å². The van der Waals surface area contributed by atoms with Crippen molar-refractivity contribution >= 4 is 17.7 Å². The van der Waals surface area contributed by atoms with Crippen LogP contribution < -0.4 is 0 Å². The van der Waals surface area contributed by atoms with Gasteiger partial charge in [0.05, 0.1) is 37.1 Å². The Morgan fingerprint density at radius 1 is 1.02 bits per heavy atom. The second kappa shape index (κ2) is 17.6. The Balaban J connectivity index is 1.34. The maximum absolute atomic E-state index is 14.3. The highest BCUT2D eigenvalue weighted by Crippen LogP contribution is 2.56. The average Bonchev–Trinajstić information content (AvgIpc) is 3.67. The zero-order chi connectivity index (χ0) is 43.2. The fraction of sp³-hybridized carbons (Fsp3) is 0.750. The van der Waals surface area contributed by atoms with Gasteiger partial charge in [-0.25, -0.2) is 9.59 Å². The van der Waals surface area contributed by atoms with Gasteiger partial charge in [-0.1, -0.05) is 67.5 Å². The number of aromatic hydroxyl groups is 1. The fourth-order valence-corrected chi connectivity index (χ4v) is 10.4. The molecule has 14 heteroatoms. The minimum absolute atomic E-state index is 0.0480. The molecule has 5 rings (SSSR count). The van der Waals surface area contributed by atoms with Crippen molar-refractivity contribution in [2.45, 2.75) is 161 Å². The minimum Gasteiger partial charge on any atom is -0.507 e. The SMILES string of the molecule is CCOC(=O)[C@H]1O[C@@H]([C@@]2(C)O[C@]3(O[C@]4(C=C[C@H]3O)O[C@H]([C@@H](C)C(=O)[C@@H](C)[C@@H](O)[C@H](C)C[C@H](C)c3ccc(CC)c(O)c3C(=O)O)[C@@H](C)C[C@H]4C)[C@H](C)[C@H]2OC)C[C@H]1O. The number of carbonyl (C=O) groups is 3. The number of aliphatic hydroxyl groups is 3. The molecule has 5 N–H and O–H groups in total. The summed E-state index contributed by atoms with van der Waals surface area (Å²) >= 11 is 0. The Labute approximate surface area is 342 Å². The number of Topliss-reactive ketones (excluding diaryl/α,β-unsaturated/α-hetero) is 1. The number of aliphatic hydroxyl groups excluding tert-OH is 3. The van der Waals surface area contributed by atoms with Crippen LogP contribution in [0.2, 0.25) is 0 Å². The summed E-state index contributed by atoms with van der Waals surface area (Å²) in [6, 6.07) is 3.44. The van der Waals surface area contributed by atoms with Crippen LogP contribution in [0.4, 0.5) is 0 Å². The van der Waals surface area contributed by atoms with Crippen LogP contribution in [0.3, 0.4) is 0 Å². The van der Waals surface area contributed by atoms with Crippen molar-refractivity contribution in [3.63, 3.8) is 0 Å².